The summed E-state index contributed by atoms with van der Waals surface area (Å²) in [5.41, 5.74) is 3.37. The molecule has 4 nitrogen and oxygen atoms in total. The minimum absolute atomic E-state index is 0.00741. The van der Waals surface area contributed by atoms with E-state index in [4.69, 9.17) is 0 Å². The number of aliphatic carboxylic acids is 1. The van der Waals surface area contributed by atoms with Gasteiger partial charge in [0.1, 0.15) is 5.82 Å². The quantitative estimate of drug-likeness (QED) is 0.646. The van der Waals surface area contributed by atoms with Gasteiger partial charge in [-0.15, -0.1) is 0 Å². The second kappa shape index (κ2) is 6.33. The maximum Gasteiger partial charge on any atom is 0.307 e. The highest BCUT2D eigenvalue weighted by Gasteiger charge is 2.47. The van der Waals surface area contributed by atoms with Crippen LogP contribution in [-0.4, -0.2) is 20.7 Å². The molecule has 1 aliphatic carbocycles. The van der Waals surface area contributed by atoms with Gasteiger partial charge in [0.15, 0.2) is 11.6 Å². The number of fused-ring (bicyclic) bond motifs is 1. The van der Waals surface area contributed by atoms with Gasteiger partial charge in [-0.05, 0) is 54.7 Å². The zero-order chi connectivity index (χ0) is 20.3. The summed E-state index contributed by atoms with van der Waals surface area (Å²) >= 11 is 0. The third kappa shape index (κ3) is 2.75. The summed E-state index contributed by atoms with van der Waals surface area (Å²) in [6, 6.07) is 7.32. The molecular formula is C22H21F2NO3. The first-order valence-corrected chi connectivity index (χ1v) is 9.26. The Morgan fingerprint density at radius 3 is 2.46 bits per heavy atom. The van der Waals surface area contributed by atoms with Crippen molar-refractivity contribution in [1.29, 1.82) is 0 Å². The Morgan fingerprint density at radius 2 is 1.89 bits per heavy atom. The minimum Gasteiger partial charge on any atom is -0.505 e. The van der Waals surface area contributed by atoms with Crippen molar-refractivity contribution in [3.63, 3.8) is 0 Å². The fourth-order valence-electron chi connectivity index (χ4n) is 4.13. The summed E-state index contributed by atoms with van der Waals surface area (Å²) in [7, 11) is 0. The van der Waals surface area contributed by atoms with Crippen LogP contribution in [0.15, 0.2) is 30.3 Å². The number of phenols is 1. The van der Waals surface area contributed by atoms with E-state index in [1.165, 1.54) is 18.2 Å². The van der Waals surface area contributed by atoms with Crippen molar-refractivity contribution in [1.82, 2.24) is 4.57 Å². The molecule has 3 aromatic rings. The maximum absolute atomic E-state index is 14.2. The van der Waals surface area contributed by atoms with Gasteiger partial charge < -0.3 is 14.8 Å². The number of carboxylic acid groups (broad SMARTS) is 1. The zero-order valence-electron chi connectivity index (χ0n) is 15.8. The Kier molecular flexibility index (Phi) is 4.17. The molecule has 1 aliphatic rings. The fourth-order valence-corrected chi connectivity index (χ4v) is 4.13. The predicted octanol–water partition coefficient (Wildman–Crippen LogP) is 5.23. The molecule has 2 atom stereocenters. The van der Waals surface area contributed by atoms with E-state index in [-0.39, 0.29) is 17.7 Å². The smallest absolute Gasteiger partial charge is 0.307 e. The molecule has 1 saturated carbocycles. The number of nitrogens with zero attached hydrogens (tertiary/aromatic N) is 1. The SMILES string of the molecule is Cc1cc(-n2c(C(C)C)c([C@H]3C[C@@H]3C(=O)O)c3cc(O)c(F)cc32)ccc1F. The number of halogens is 2. The van der Waals surface area contributed by atoms with Crippen LogP contribution in [0.2, 0.25) is 0 Å². The molecule has 4 rings (SSSR count). The van der Waals surface area contributed by atoms with E-state index < -0.39 is 23.5 Å². The molecule has 0 spiro atoms. The second-order valence-corrected chi connectivity index (χ2v) is 7.83. The molecule has 2 aromatic carbocycles. The van der Waals surface area contributed by atoms with Crippen LogP contribution < -0.4 is 0 Å². The van der Waals surface area contributed by atoms with Gasteiger partial charge in [-0.25, -0.2) is 8.78 Å². The summed E-state index contributed by atoms with van der Waals surface area (Å²) in [6.45, 7) is 5.63. The summed E-state index contributed by atoms with van der Waals surface area (Å²) in [5.74, 6) is -3.08. The molecule has 146 valence electrons. The van der Waals surface area contributed by atoms with Crippen LogP contribution in [0.3, 0.4) is 0 Å². The van der Waals surface area contributed by atoms with Crippen LogP contribution in [0, 0.1) is 24.5 Å². The lowest BCUT2D eigenvalue weighted by Crippen LogP contribution is -2.06. The number of aromatic hydroxyl groups is 1. The fraction of sp³-hybridized carbons (Fsp3) is 0.318. The lowest BCUT2D eigenvalue weighted by atomic mass is 9.98. The molecule has 1 fully saturated rings. The number of carboxylic acids is 1. The predicted molar refractivity (Wildman–Crippen MR) is 102 cm³/mol. The minimum atomic E-state index is -0.857. The Hall–Kier alpha value is -2.89. The maximum atomic E-state index is 14.2. The Bertz CT molecular complexity index is 1120. The summed E-state index contributed by atoms with van der Waals surface area (Å²) < 4.78 is 29.9. The highest BCUT2D eigenvalue weighted by atomic mass is 19.1. The van der Waals surface area contributed by atoms with Crippen molar-refractivity contribution in [2.24, 2.45) is 5.92 Å². The molecule has 1 aromatic heterocycles. The standard InChI is InChI=1S/C22H21F2NO3/c1-10(2)21-20(13-7-14(13)22(27)28)15-8-19(26)17(24)9-18(15)25(21)12-4-5-16(23)11(3)6-12/h4-6,8-10,13-14,26H,7H2,1-3H3,(H,27,28)/t13-,14-/m0/s1. The average molecular weight is 385 g/mol. The van der Waals surface area contributed by atoms with E-state index in [1.807, 2.05) is 18.4 Å². The second-order valence-electron chi connectivity index (χ2n) is 7.83. The van der Waals surface area contributed by atoms with Crippen molar-refractivity contribution in [3.05, 3.63) is 58.8 Å². The summed E-state index contributed by atoms with van der Waals surface area (Å²) in [5, 5.41) is 20.0. The number of rotatable bonds is 4. The molecule has 0 radical (unpaired) electrons. The van der Waals surface area contributed by atoms with Crippen molar-refractivity contribution in [2.45, 2.75) is 39.0 Å². The third-order valence-corrected chi connectivity index (χ3v) is 5.54. The first kappa shape index (κ1) is 18.5. The van der Waals surface area contributed by atoms with Crippen molar-refractivity contribution in [2.75, 3.05) is 0 Å². The Morgan fingerprint density at radius 1 is 1.18 bits per heavy atom. The molecule has 6 heteroatoms. The average Bonchev–Trinajstić information content (AvgIpc) is 3.35. The molecule has 1 heterocycles. The van der Waals surface area contributed by atoms with E-state index in [1.54, 1.807) is 19.1 Å². The summed E-state index contributed by atoms with van der Waals surface area (Å²) in [6.07, 6.45) is 0.509. The van der Waals surface area contributed by atoms with Crippen LogP contribution in [0.4, 0.5) is 8.78 Å². The molecular weight excluding hydrogens is 364 g/mol. The number of hydrogen-bond donors (Lipinski definition) is 2. The molecule has 0 unspecified atom stereocenters. The number of carbonyl (C=O) groups is 1. The van der Waals surface area contributed by atoms with E-state index in [9.17, 15) is 23.8 Å². The first-order valence-electron chi connectivity index (χ1n) is 9.26. The van der Waals surface area contributed by atoms with Crippen LogP contribution in [0.25, 0.3) is 16.6 Å². The number of aromatic nitrogens is 1. The molecule has 28 heavy (non-hydrogen) atoms. The lowest BCUT2D eigenvalue weighted by molar-refractivity contribution is -0.138. The molecule has 0 saturated heterocycles. The van der Waals surface area contributed by atoms with E-state index in [0.717, 1.165) is 11.3 Å². The number of hydrogen-bond acceptors (Lipinski definition) is 2. The third-order valence-electron chi connectivity index (χ3n) is 5.54. The summed E-state index contributed by atoms with van der Waals surface area (Å²) in [4.78, 5) is 11.5. The van der Waals surface area contributed by atoms with Crippen LogP contribution >= 0.6 is 0 Å². The number of benzene rings is 2. The largest absolute Gasteiger partial charge is 0.505 e. The highest BCUT2D eigenvalue weighted by molar-refractivity contribution is 5.91. The Labute approximate surface area is 161 Å². The van der Waals surface area contributed by atoms with Crippen molar-refractivity contribution in [3.8, 4) is 11.4 Å². The first-order chi connectivity index (χ1) is 13.2. The Balaban J connectivity index is 2.08. The molecule has 0 amide bonds. The van der Waals surface area contributed by atoms with E-state index >= 15 is 0 Å². The monoisotopic (exact) mass is 385 g/mol. The number of aryl methyl sites for hydroxylation is 1. The normalized spacial score (nSPS) is 18.8. The molecule has 0 aliphatic heterocycles. The van der Waals surface area contributed by atoms with Gasteiger partial charge in [-0.3, -0.25) is 4.79 Å². The topological polar surface area (TPSA) is 62.5 Å². The molecule has 0 bridgehead atoms. The van der Waals surface area contributed by atoms with E-state index in [0.29, 0.717) is 28.6 Å². The van der Waals surface area contributed by atoms with E-state index in [2.05, 4.69) is 0 Å². The van der Waals surface area contributed by atoms with Gasteiger partial charge >= 0.3 is 5.97 Å². The number of phenolic OH excluding ortho intramolecular Hbond substituents is 1. The van der Waals surface area contributed by atoms with Crippen molar-refractivity contribution >= 4 is 16.9 Å². The lowest BCUT2D eigenvalue weighted by Gasteiger charge is -2.16. The van der Waals surface area contributed by atoms with Crippen LogP contribution in [0.5, 0.6) is 5.75 Å². The van der Waals surface area contributed by atoms with Gasteiger partial charge in [0, 0.05) is 28.8 Å². The molecule has 2 N–H and O–H groups in total. The van der Waals surface area contributed by atoms with Crippen LogP contribution in [-0.2, 0) is 4.79 Å². The van der Waals surface area contributed by atoms with Gasteiger partial charge in [0.25, 0.3) is 0 Å². The van der Waals surface area contributed by atoms with Crippen LogP contribution in [0.1, 0.15) is 48.9 Å². The van der Waals surface area contributed by atoms with Gasteiger partial charge in [0.05, 0.1) is 11.4 Å². The highest BCUT2D eigenvalue weighted by Crippen LogP contribution is 2.53. The van der Waals surface area contributed by atoms with Gasteiger partial charge in [-0.1, -0.05) is 13.8 Å². The van der Waals surface area contributed by atoms with Crippen molar-refractivity contribution < 1.29 is 23.8 Å². The van der Waals surface area contributed by atoms with Gasteiger partial charge in [-0.2, -0.15) is 0 Å². The van der Waals surface area contributed by atoms with Gasteiger partial charge in [0.2, 0.25) is 0 Å². The zero-order valence-corrected chi connectivity index (χ0v) is 15.8.